The lowest BCUT2D eigenvalue weighted by Crippen LogP contribution is -2.12. The zero-order chi connectivity index (χ0) is 23.2. The number of Topliss-reactive ketones (excluding diaryl/α,β-unsaturated/α-hetero) is 1. The fraction of sp³-hybridized carbons (Fsp3) is 0.207. The van der Waals surface area contributed by atoms with Crippen LogP contribution in [-0.2, 0) is 0 Å². The summed E-state index contributed by atoms with van der Waals surface area (Å²) in [7, 11) is 0. The van der Waals surface area contributed by atoms with Gasteiger partial charge in [-0.05, 0) is 43.2 Å². The van der Waals surface area contributed by atoms with Gasteiger partial charge in [0.2, 0.25) is 5.78 Å². The fourth-order valence-electron chi connectivity index (χ4n) is 4.11. The Balaban J connectivity index is 1.62. The maximum Gasteiger partial charge on any atom is 0.208 e. The molecule has 0 saturated carbocycles. The zero-order valence-corrected chi connectivity index (χ0v) is 18.9. The highest BCUT2D eigenvalue weighted by molar-refractivity contribution is 6.46. The Kier molecular flexibility index (Phi) is 6.94. The smallest absolute Gasteiger partial charge is 0.208 e. The number of hydrogen-bond donors (Lipinski definition) is 1. The van der Waals surface area contributed by atoms with Gasteiger partial charge < -0.3 is 9.98 Å². The molecular weight excluding hydrogens is 408 g/mol. The van der Waals surface area contributed by atoms with E-state index in [2.05, 4.69) is 6.92 Å². The number of hydrogen-bond acceptors (Lipinski definition) is 3. The van der Waals surface area contributed by atoms with Crippen molar-refractivity contribution in [2.24, 2.45) is 0 Å². The molecule has 3 aromatic carbocycles. The summed E-state index contributed by atoms with van der Waals surface area (Å²) in [4.78, 5) is 25.8. The highest BCUT2D eigenvalue weighted by atomic mass is 16.1. The number of nitrogens with zero attached hydrogens (tertiary/aromatic N) is 1. The maximum atomic E-state index is 13.1. The molecule has 4 heteroatoms. The van der Waals surface area contributed by atoms with Crippen LogP contribution in [0.3, 0.4) is 0 Å². The van der Waals surface area contributed by atoms with Gasteiger partial charge in [-0.25, -0.2) is 0 Å². The molecule has 0 saturated heterocycles. The van der Waals surface area contributed by atoms with Crippen molar-refractivity contribution >= 4 is 28.2 Å². The second kappa shape index (κ2) is 10.2. The standard InChI is InChI=1S/C29H28N2O2/c1-2-3-4-8-14-26(30)29(33)25-20-31(27-15-10-9-13-24(25)27)23-18-16-22(17-19-23)28(32)21-11-6-5-7-12-21/h5-7,9-13,15-20,30H,2-4,8,14H2,1H3. The molecule has 0 fully saturated rings. The molecule has 1 heterocycles. The van der Waals surface area contributed by atoms with Gasteiger partial charge in [-0.15, -0.1) is 0 Å². The number of para-hydroxylation sites is 1. The maximum absolute atomic E-state index is 13.1. The number of unbranched alkanes of at least 4 members (excludes halogenated alkanes) is 3. The second-order valence-corrected chi connectivity index (χ2v) is 8.29. The van der Waals surface area contributed by atoms with Crippen molar-refractivity contribution in [3.8, 4) is 5.69 Å². The van der Waals surface area contributed by atoms with Crippen LogP contribution in [0.25, 0.3) is 16.6 Å². The van der Waals surface area contributed by atoms with Gasteiger partial charge in [0.25, 0.3) is 0 Å². The third kappa shape index (κ3) is 4.85. The van der Waals surface area contributed by atoms with Crippen LogP contribution >= 0.6 is 0 Å². The molecule has 0 unspecified atom stereocenters. The predicted octanol–water partition coefficient (Wildman–Crippen LogP) is 7.03. The molecular formula is C29H28N2O2. The third-order valence-corrected chi connectivity index (χ3v) is 5.95. The van der Waals surface area contributed by atoms with Crippen LogP contribution < -0.4 is 0 Å². The van der Waals surface area contributed by atoms with Gasteiger partial charge >= 0.3 is 0 Å². The quantitative estimate of drug-likeness (QED) is 0.165. The predicted molar refractivity (Wildman–Crippen MR) is 134 cm³/mol. The van der Waals surface area contributed by atoms with Gasteiger partial charge in [-0.1, -0.05) is 74.7 Å². The van der Waals surface area contributed by atoms with Crippen LogP contribution in [0, 0.1) is 5.41 Å². The monoisotopic (exact) mass is 436 g/mol. The summed E-state index contributed by atoms with van der Waals surface area (Å²) in [6.45, 7) is 2.15. The highest BCUT2D eigenvalue weighted by Gasteiger charge is 2.19. The molecule has 4 rings (SSSR count). The molecule has 0 radical (unpaired) electrons. The first kappa shape index (κ1) is 22.4. The molecule has 0 spiro atoms. The number of carbonyl (C=O) groups excluding carboxylic acids is 2. The van der Waals surface area contributed by atoms with Crippen LogP contribution in [-0.4, -0.2) is 21.8 Å². The molecule has 1 aromatic heterocycles. The topological polar surface area (TPSA) is 62.9 Å². The van der Waals surface area contributed by atoms with E-state index in [4.69, 9.17) is 5.41 Å². The lowest BCUT2D eigenvalue weighted by molar-refractivity contribution is 0.103. The Morgan fingerprint density at radius 3 is 2.18 bits per heavy atom. The first-order valence-corrected chi connectivity index (χ1v) is 11.5. The third-order valence-electron chi connectivity index (χ3n) is 5.95. The van der Waals surface area contributed by atoms with Crippen LogP contribution in [0.4, 0.5) is 0 Å². The minimum Gasteiger partial charge on any atom is -0.316 e. The van der Waals surface area contributed by atoms with Gasteiger partial charge in [-0.3, -0.25) is 9.59 Å². The Morgan fingerprint density at radius 1 is 0.788 bits per heavy atom. The largest absolute Gasteiger partial charge is 0.316 e. The summed E-state index contributed by atoms with van der Waals surface area (Å²) in [6, 6.07) is 24.4. The van der Waals surface area contributed by atoms with E-state index in [1.165, 1.54) is 0 Å². The van der Waals surface area contributed by atoms with E-state index in [0.717, 1.165) is 42.3 Å². The Bertz CT molecular complexity index is 1280. The molecule has 0 bridgehead atoms. The van der Waals surface area contributed by atoms with E-state index in [0.29, 0.717) is 23.1 Å². The van der Waals surface area contributed by atoms with Gasteiger partial charge in [0.15, 0.2) is 5.78 Å². The van der Waals surface area contributed by atoms with Crippen LogP contribution in [0.15, 0.2) is 85.1 Å². The van der Waals surface area contributed by atoms with E-state index in [9.17, 15) is 9.59 Å². The SMILES string of the molecule is CCCCCCC(=N)C(=O)c1cn(-c2ccc(C(=O)c3ccccc3)cc2)c2ccccc12. The van der Waals surface area contributed by atoms with Gasteiger partial charge in [0.05, 0.1) is 11.2 Å². The number of carbonyl (C=O) groups is 2. The number of benzene rings is 3. The molecule has 0 aliphatic carbocycles. The van der Waals surface area contributed by atoms with Crippen LogP contribution in [0.5, 0.6) is 0 Å². The van der Waals surface area contributed by atoms with Crippen molar-refractivity contribution in [2.45, 2.75) is 39.0 Å². The lowest BCUT2D eigenvalue weighted by atomic mass is 10.0. The van der Waals surface area contributed by atoms with Crippen molar-refractivity contribution < 1.29 is 9.59 Å². The molecule has 0 aliphatic rings. The van der Waals surface area contributed by atoms with E-state index in [1.807, 2.05) is 89.6 Å². The summed E-state index contributed by atoms with van der Waals surface area (Å²) in [5, 5.41) is 9.16. The molecule has 166 valence electrons. The van der Waals surface area contributed by atoms with E-state index in [1.54, 1.807) is 0 Å². The first-order chi connectivity index (χ1) is 16.1. The van der Waals surface area contributed by atoms with E-state index < -0.39 is 0 Å². The second-order valence-electron chi connectivity index (χ2n) is 8.29. The Hall–Kier alpha value is -3.79. The lowest BCUT2D eigenvalue weighted by Gasteiger charge is -2.07. The number of fused-ring (bicyclic) bond motifs is 1. The molecule has 4 aromatic rings. The van der Waals surface area contributed by atoms with Gasteiger partial charge in [-0.2, -0.15) is 0 Å². The summed E-state index contributed by atoms with van der Waals surface area (Å²) in [6.07, 6.45) is 6.50. The van der Waals surface area contributed by atoms with Crippen molar-refractivity contribution in [1.82, 2.24) is 4.57 Å². The Labute approximate surface area is 194 Å². The summed E-state index contributed by atoms with van der Waals surface area (Å²) < 4.78 is 1.96. The van der Waals surface area contributed by atoms with E-state index in [-0.39, 0.29) is 17.3 Å². The van der Waals surface area contributed by atoms with E-state index >= 15 is 0 Å². The molecule has 0 aliphatic heterocycles. The van der Waals surface area contributed by atoms with Crippen molar-refractivity contribution in [1.29, 1.82) is 5.41 Å². The summed E-state index contributed by atoms with van der Waals surface area (Å²) in [5.74, 6) is -0.232. The minimum absolute atomic E-state index is 0.0214. The minimum atomic E-state index is -0.211. The fourth-order valence-corrected chi connectivity index (χ4v) is 4.11. The van der Waals surface area contributed by atoms with Crippen LogP contribution in [0.2, 0.25) is 0 Å². The molecule has 0 amide bonds. The molecule has 0 atom stereocenters. The number of nitrogens with one attached hydrogen (secondary N) is 1. The van der Waals surface area contributed by atoms with Gasteiger partial charge in [0, 0.05) is 34.0 Å². The molecule has 1 N–H and O–H groups in total. The van der Waals surface area contributed by atoms with Gasteiger partial charge in [0.1, 0.15) is 0 Å². The number of rotatable bonds is 10. The van der Waals surface area contributed by atoms with Crippen molar-refractivity contribution in [3.63, 3.8) is 0 Å². The zero-order valence-electron chi connectivity index (χ0n) is 18.9. The normalized spacial score (nSPS) is 10.9. The van der Waals surface area contributed by atoms with Crippen molar-refractivity contribution in [3.05, 3.63) is 102 Å². The Morgan fingerprint density at radius 2 is 1.45 bits per heavy atom. The highest BCUT2D eigenvalue weighted by Crippen LogP contribution is 2.26. The average Bonchev–Trinajstić information content (AvgIpc) is 3.26. The number of ketones is 2. The summed E-state index contributed by atoms with van der Waals surface area (Å²) in [5.41, 5.74) is 3.76. The molecule has 4 nitrogen and oxygen atoms in total. The summed E-state index contributed by atoms with van der Waals surface area (Å²) >= 11 is 0. The van der Waals surface area contributed by atoms with Crippen LogP contribution in [0.1, 0.15) is 65.3 Å². The first-order valence-electron chi connectivity index (χ1n) is 11.5. The average molecular weight is 437 g/mol. The molecule has 33 heavy (non-hydrogen) atoms. The van der Waals surface area contributed by atoms with Crippen molar-refractivity contribution in [2.75, 3.05) is 0 Å². The number of aromatic nitrogens is 1.